The summed E-state index contributed by atoms with van der Waals surface area (Å²) in [4.78, 5) is 47.6. The summed E-state index contributed by atoms with van der Waals surface area (Å²) in [6.45, 7) is 0.715. The number of methoxy groups -OCH3 is 1. The number of aliphatic carboxylic acids is 1. The Morgan fingerprint density at radius 1 is 1.32 bits per heavy atom. The van der Waals surface area contributed by atoms with Gasteiger partial charge >= 0.3 is 5.97 Å². The van der Waals surface area contributed by atoms with E-state index < -0.39 is 35.3 Å². The molecule has 0 aliphatic carbocycles. The van der Waals surface area contributed by atoms with Crippen LogP contribution in [0.4, 0.5) is 4.39 Å². The molecular formula is C16H18FNO6S. The Balaban J connectivity index is 2.99. The number of thioether (sulfide) groups is 1. The lowest BCUT2D eigenvalue weighted by molar-refractivity contribution is -0.143. The van der Waals surface area contributed by atoms with Crippen LogP contribution >= 0.6 is 11.8 Å². The highest BCUT2D eigenvalue weighted by atomic mass is 32.2. The van der Waals surface area contributed by atoms with Gasteiger partial charge in [0, 0.05) is 26.0 Å². The van der Waals surface area contributed by atoms with Gasteiger partial charge < -0.3 is 14.7 Å². The van der Waals surface area contributed by atoms with Gasteiger partial charge in [0.25, 0.3) is 0 Å². The fraction of sp³-hybridized carbons (Fsp3) is 0.375. The van der Waals surface area contributed by atoms with Crippen LogP contribution in [-0.4, -0.2) is 58.7 Å². The number of rotatable bonds is 8. The summed E-state index contributed by atoms with van der Waals surface area (Å²) in [7, 11) is 2.56. The summed E-state index contributed by atoms with van der Waals surface area (Å²) in [5, 5.41) is 7.24. The van der Waals surface area contributed by atoms with E-state index >= 15 is 0 Å². The maximum absolute atomic E-state index is 13.8. The van der Waals surface area contributed by atoms with Gasteiger partial charge in [-0.1, -0.05) is 11.8 Å². The highest BCUT2D eigenvalue weighted by Gasteiger charge is 2.28. The minimum atomic E-state index is -1.20. The quantitative estimate of drug-likeness (QED) is 0.693. The molecule has 9 heteroatoms. The van der Waals surface area contributed by atoms with Crippen LogP contribution < -0.4 is 4.74 Å². The molecule has 0 aliphatic heterocycles. The molecule has 1 unspecified atom stereocenters. The first-order valence-electron chi connectivity index (χ1n) is 7.16. The summed E-state index contributed by atoms with van der Waals surface area (Å²) in [6, 6.07) is 3.58. The molecule has 0 saturated carbocycles. The maximum Gasteiger partial charge on any atom is 0.323 e. The molecule has 25 heavy (non-hydrogen) atoms. The van der Waals surface area contributed by atoms with Crippen molar-refractivity contribution in [3.8, 4) is 5.75 Å². The van der Waals surface area contributed by atoms with Crippen molar-refractivity contribution in [1.82, 2.24) is 4.90 Å². The smallest absolute Gasteiger partial charge is 0.323 e. The number of hydrogen-bond donors (Lipinski definition) is 1. The number of ketones is 1. The molecular weight excluding hydrogens is 353 g/mol. The Hall–Kier alpha value is -2.42. The van der Waals surface area contributed by atoms with Gasteiger partial charge in [-0.15, -0.1) is 0 Å². The summed E-state index contributed by atoms with van der Waals surface area (Å²) in [5.74, 6) is -3.18. The molecule has 1 aromatic carbocycles. The Morgan fingerprint density at radius 2 is 1.96 bits per heavy atom. The van der Waals surface area contributed by atoms with Gasteiger partial charge in [0.2, 0.25) is 5.91 Å². The van der Waals surface area contributed by atoms with Crippen LogP contribution in [0, 0.1) is 5.82 Å². The molecule has 136 valence electrons. The number of carboxylic acid groups (broad SMARTS) is 1. The zero-order valence-electron chi connectivity index (χ0n) is 13.9. The normalized spacial score (nSPS) is 11.5. The van der Waals surface area contributed by atoms with Crippen LogP contribution in [0.5, 0.6) is 5.75 Å². The van der Waals surface area contributed by atoms with E-state index in [1.807, 2.05) is 0 Å². The topological polar surface area (TPSA) is 101 Å². The minimum absolute atomic E-state index is 0.00858. The molecule has 0 heterocycles. The highest BCUT2D eigenvalue weighted by molar-refractivity contribution is 8.14. The lowest BCUT2D eigenvalue weighted by Gasteiger charge is -2.19. The second-order valence-corrected chi connectivity index (χ2v) is 6.54. The van der Waals surface area contributed by atoms with Crippen molar-refractivity contribution in [3.05, 3.63) is 29.6 Å². The molecule has 0 radical (unpaired) electrons. The standard InChI is InChI=1S/C16H18FNO6S/c1-9(19)25-13(7-14(20)18(2)8-15(21)22)16(23)10-4-5-12(24-3)11(17)6-10/h4-6,13H,7-8H2,1-3H3,(H,21,22). The first-order valence-corrected chi connectivity index (χ1v) is 8.04. The Kier molecular flexibility index (Phi) is 7.56. The summed E-state index contributed by atoms with van der Waals surface area (Å²) in [5.41, 5.74) is -0.00858. The molecule has 1 rings (SSSR count). The lowest BCUT2D eigenvalue weighted by Crippen LogP contribution is -2.35. The number of carbonyl (C=O) groups is 4. The maximum atomic E-state index is 13.8. The van der Waals surface area contributed by atoms with E-state index in [4.69, 9.17) is 9.84 Å². The van der Waals surface area contributed by atoms with Gasteiger partial charge in [-0.25, -0.2) is 4.39 Å². The predicted octanol–water partition coefficient (Wildman–Crippen LogP) is 1.60. The lowest BCUT2D eigenvalue weighted by atomic mass is 10.1. The molecule has 0 aromatic heterocycles. The number of Topliss-reactive ketones (excluding diaryl/α,β-unsaturated/α-hetero) is 1. The fourth-order valence-electron chi connectivity index (χ4n) is 2.00. The van der Waals surface area contributed by atoms with E-state index in [1.165, 1.54) is 33.2 Å². The molecule has 1 atom stereocenters. The number of nitrogens with zero attached hydrogens (tertiary/aromatic N) is 1. The van der Waals surface area contributed by atoms with Gasteiger partial charge in [0.1, 0.15) is 6.54 Å². The number of halogens is 1. The number of benzene rings is 1. The van der Waals surface area contributed by atoms with Crippen molar-refractivity contribution in [3.63, 3.8) is 0 Å². The highest BCUT2D eigenvalue weighted by Crippen LogP contribution is 2.24. The van der Waals surface area contributed by atoms with E-state index in [9.17, 15) is 23.6 Å². The van der Waals surface area contributed by atoms with E-state index in [0.29, 0.717) is 11.8 Å². The van der Waals surface area contributed by atoms with Crippen molar-refractivity contribution in [2.45, 2.75) is 18.6 Å². The SMILES string of the molecule is COc1ccc(C(=O)C(CC(=O)N(C)CC(=O)O)SC(C)=O)cc1F. The number of carbonyl (C=O) groups excluding carboxylic acids is 3. The van der Waals surface area contributed by atoms with E-state index in [-0.39, 0.29) is 22.8 Å². The van der Waals surface area contributed by atoms with Crippen LogP contribution in [0.15, 0.2) is 18.2 Å². The summed E-state index contributed by atoms with van der Waals surface area (Å²) >= 11 is 0.646. The van der Waals surface area contributed by atoms with Gasteiger partial charge in [0.05, 0.1) is 12.4 Å². The molecule has 1 aromatic rings. The summed E-state index contributed by atoms with van der Waals surface area (Å²) in [6.07, 6.45) is -0.374. The minimum Gasteiger partial charge on any atom is -0.494 e. The third-order valence-electron chi connectivity index (χ3n) is 3.20. The number of ether oxygens (including phenoxy) is 1. The second kappa shape index (κ2) is 9.16. The van der Waals surface area contributed by atoms with Crippen LogP contribution in [0.3, 0.4) is 0 Å². The van der Waals surface area contributed by atoms with Crippen LogP contribution in [-0.2, 0) is 14.4 Å². The Morgan fingerprint density at radius 3 is 2.44 bits per heavy atom. The monoisotopic (exact) mass is 371 g/mol. The molecule has 0 aliphatic rings. The number of amides is 1. The van der Waals surface area contributed by atoms with E-state index in [0.717, 1.165) is 11.0 Å². The van der Waals surface area contributed by atoms with Crippen LogP contribution in [0.2, 0.25) is 0 Å². The third-order valence-corrected chi connectivity index (χ3v) is 4.19. The summed E-state index contributed by atoms with van der Waals surface area (Å²) < 4.78 is 18.6. The average molecular weight is 371 g/mol. The van der Waals surface area contributed by atoms with Crippen molar-refractivity contribution in [2.75, 3.05) is 20.7 Å². The van der Waals surface area contributed by atoms with Crippen molar-refractivity contribution < 1.29 is 33.4 Å². The van der Waals surface area contributed by atoms with Crippen molar-refractivity contribution in [2.24, 2.45) is 0 Å². The molecule has 0 saturated heterocycles. The molecule has 7 nitrogen and oxygen atoms in total. The van der Waals surface area contributed by atoms with Gasteiger partial charge in [0.15, 0.2) is 22.5 Å². The zero-order chi connectivity index (χ0) is 19.1. The Labute approximate surface area is 148 Å². The van der Waals surface area contributed by atoms with Crippen molar-refractivity contribution in [1.29, 1.82) is 0 Å². The van der Waals surface area contributed by atoms with Gasteiger partial charge in [-0.3, -0.25) is 19.2 Å². The third kappa shape index (κ3) is 6.18. The first-order chi connectivity index (χ1) is 11.6. The Bertz CT molecular complexity index is 693. The van der Waals surface area contributed by atoms with Crippen LogP contribution in [0.1, 0.15) is 23.7 Å². The predicted molar refractivity (Wildman–Crippen MR) is 89.2 cm³/mol. The van der Waals surface area contributed by atoms with E-state index in [1.54, 1.807) is 0 Å². The zero-order valence-corrected chi connectivity index (χ0v) is 14.8. The average Bonchev–Trinajstić information content (AvgIpc) is 2.52. The number of hydrogen-bond acceptors (Lipinski definition) is 6. The molecule has 0 spiro atoms. The largest absolute Gasteiger partial charge is 0.494 e. The molecule has 0 fully saturated rings. The van der Waals surface area contributed by atoms with Gasteiger partial charge in [-0.2, -0.15) is 0 Å². The van der Waals surface area contributed by atoms with Crippen LogP contribution in [0.25, 0.3) is 0 Å². The van der Waals surface area contributed by atoms with Gasteiger partial charge in [-0.05, 0) is 18.2 Å². The second-order valence-electron chi connectivity index (χ2n) is 5.16. The number of likely N-dealkylation sites (N-methyl/N-ethyl adjacent to an activating group) is 1. The first kappa shape index (κ1) is 20.6. The van der Waals surface area contributed by atoms with E-state index in [2.05, 4.69) is 0 Å². The fourth-order valence-corrected chi connectivity index (χ4v) is 2.87. The molecule has 1 N–H and O–H groups in total. The number of carboxylic acids is 1. The van der Waals surface area contributed by atoms with Crippen molar-refractivity contribution >= 4 is 34.5 Å². The molecule has 0 bridgehead atoms. The molecule has 1 amide bonds.